The van der Waals surface area contributed by atoms with Gasteiger partial charge in [-0.05, 0) is 59.1 Å². The maximum atomic E-state index is 12.0. The molecule has 1 amide bonds. The fourth-order valence-electron chi connectivity index (χ4n) is 1.94. The number of para-hydroxylation sites is 1. The number of hydrogen-bond acceptors (Lipinski definition) is 4. The average molecular weight is 379 g/mol. The first-order chi connectivity index (χ1) is 10.9. The zero-order valence-electron chi connectivity index (χ0n) is 12.6. The third-order valence-corrected chi connectivity index (χ3v) is 3.93. The van der Waals surface area contributed by atoms with Crippen molar-refractivity contribution in [1.82, 2.24) is 0 Å². The van der Waals surface area contributed by atoms with Gasteiger partial charge in [0.05, 0.1) is 9.40 Å². The summed E-state index contributed by atoms with van der Waals surface area (Å²) in [7, 11) is 0. The molecule has 0 saturated carbocycles. The fraction of sp³-hybridized carbons (Fsp3) is 0.188. The number of rotatable bonds is 5. The number of nitro groups is 1. The highest BCUT2D eigenvalue weighted by atomic mass is 79.9. The minimum atomic E-state index is -0.517. The van der Waals surface area contributed by atoms with Crippen LogP contribution in [0.2, 0.25) is 0 Å². The first kappa shape index (κ1) is 17.0. The number of halogens is 1. The van der Waals surface area contributed by atoms with E-state index in [1.807, 2.05) is 13.0 Å². The van der Waals surface area contributed by atoms with Crippen molar-refractivity contribution in [2.75, 3.05) is 11.9 Å². The van der Waals surface area contributed by atoms with Gasteiger partial charge in [0.15, 0.2) is 6.61 Å². The molecule has 0 spiro atoms. The van der Waals surface area contributed by atoms with Crippen molar-refractivity contribution >= 4 is 33.2 Å². The summed E-state index contributed by atoms with van der Waals surface area (Å²) in [6.07, 6.45) is 0. The molecule has 7 heteroatoms. The topological polar surface area (TPSA) is 81.5 Å². The Morgan fingerprint density at radius 2 is 1.91 bits per heavy atom. The molecule has 0 aliphatic carbocycles. The molecule has 0 atom stereocenters. The van der Waals surface area contributed by atoms with Crippen LogP contribution in [0, 0.1) is 24.0 Å². The predicted octanol–water partition coefficient (Wildman–Crippen LogP) is 3.99. The highest BCUT2D eigenvalue weighted by Gasteiger charge is 2.17. The molecule has 0 aliphatic rings. The maximum absolute atomic E-state index is 12.0. The van der Waals surface area contributed by atoms with E-state index in [1.54, 1.807) is 31.2 Å². The fourth-order valence-corrected chi connectivity index (χ4v) is 2.34. The van der Waals surface area contributed by atoms with Crippen molar-refractivity contribution in [3.8, 4) is 5.75 Å². The lowest BCUT2D eigenvalue weighted by molar-refractivity contribution is -0.384. The molecule has 1 N–H and O–H groups in total. The second kappa shape index (κ2) is 7.23. The van der Waals surface area contributed by atoms with Crippen LogP contribution in [0.5, 0.6) is 5.75 Å². The molecule has 0 radical (unpaired) electrons. The zero-order valence-corrected chi connectivity index (χ0v) is 14.2. The van der Waals surface area contributed by atoms with Gasteiger partial charge < -0.3 is 10.1 Å². The van der Waals surface area contributed by atoms with Gasteiger partial charge in [-0.15, -0.1) is 0 Å². The van der Waals surface area contributed by atoms with Crippen molar-refractivity contribution in [2.45, 2.75) is 13.8 Å². The van der Waals surface area contributed by atoms with E-state index in [0.29, 0.717) is 5.75 Å². The Hall–Kier alpha value is -2.41. The summed E-state index contributed by atoms with van der Waals surface area (Å²) >= 11 is 3.32. The van der Waals surface area contributed by atoms with Crippen LogP contribution in [0.25, 0.3) is 0 Å². The molecule has 0 aromatic heterocycles. The van der Waals surface area contributed by atoms with Crippen LogP contribution in [-0.2, 0) is 4.79 Å². The number of amides is 1. The van der Waals surface area contributed by atoms with E-state index in [1.165, 1.54) is 6.07 Å². The molecule has 0 unspecified atom stereocenters. The second-order valence-corrected chi connectivity index (χ2v) is 5.83. The number of nitrogens with zero attached hydrogens (tertiary/aromatic N) is 1. The van der Waals surface area contributed by atoms with Gasteiger partial charge in [0.2, 0.25) is 0 Å². The number of nitro benzene ring substituents is 1. The van der Waals surface area contributed by atoms with E-state index in [-0.39, 0.29) is 18.0 Å². The van der Waals surface area contributed by atoms with E-state index in [2.05, 4.69) is 21.2 Å². The van der Waals surface area contributed by atoms with Crippen LogP contribution in [0.3, 0.4) is 0 Å². The maximum Gasteiger partial charge on any atom is 0.293 e. The van der Waals surface area contributed by atoms with Crippen LogP contribution >= 0.6 is 15.9 Å². The Morgan fingerprint density at radius 3 is 2.57 bits per heavy atom. The third kappa shape index (κ3) is 4.29. The van der Waals surface area contributed by atoms with Gasteiger partial charge in [-0.3, -0.25) is 14.9 Å². The lowest BCUT2D eigenvalue weighted by Crippen LogP contribution is -2.21. The highest BCUT2D eigenvalue weighted by Crippen LogP contribution is 2.28. The summed E-state index contributed by atoms with van der Waals surface area (Å²) in [5.74, 6) is 0.0596. The zero-order chi connectivity index (χ0) is 17.0. The molecule has 23 heavy (non-hydrogen) atoms. The number of anilines is 1. The number of benzene rings is 2. The smallest absolute Gasteiger partial charge is 0.293 e. The van der Waals surface area contributed by atoms with Crippen molar-refractivity contribution < 1.29 is 14.5 Å². The van der Waals surface area contributed by atoms with E-state index < -0.39 is 10.8 Å². The van der Waals surface area contributed by atoms with Gasteiger partial charge in [0.1, 0.15) is 11.4 Å². The Kier molecular flexibility index (Phi) is 5.33. The van der Waals surface area contributed by atoms with Gasteiger partial charge in [0.25, 0.3) is 11.6 Å². The largest absolute Gasteiger partial charge is 0.483 e. The van der Waals surface area contributed by atoms with E-state index in [4.69, 9.17) is 4.74 Å². The SMILES string of the molecule is Cc1cc(NC(=O)COc2ccccc2Br)c([N+](=O)[O-])cc1C. The van der Waals surface area contributed by atoms with Gasteiger partial charge >= 0.3 is 0 Å². The van der Waals surface area contributed by atoms with Crippen molar-refractivity contribution in [1.29, 1.82) is 0 Å². The molecule has 2 rings (SSSR count). The van der Waals surface area contributed by atoms with Gasteiger partial charge in [0, 0.05) is 6.07 Å². The monoisotopic (exact) mass is 378 g/mol. The van der Waals surface area contributed by atoms with Gasteiger partial charge in [-0.2, -0.15) is 0 Å². The number of ether oxygens (including phenoxy) is 1. The van der Waals surface area contributed by atoms with Crippen LogP contribution in [0.15, 0.2) is 40.9 Å². The van der Waals surface area contributed by atoms with E-state index in [0.717, 1.165) is 15.6 Å². The minimum absolute atomic E-state index is 0.137. The van der Waals surface area contributed by atoms with Gasteiger partial charge in [-0.1, -0.05) is 12.1 Å². The number of carbonyl (C=O) groups excluding carboxylic acids is 1. The van der Waals surface area contributed by atoms with Crippen molar-refractivity contribution in [3.63, 3.8) is 0 Å². The van der Waals surface area contributed by atoms with Crippen molar-refractivity contribution in [3.05, 3.63) is 62.1 Å². The minimum Gasteiger partial charge on any atom is -0.483 e. The number of nitrogens with one attached hydrogen (secondary N) is 1. The molecular formula is C16H15BrN2O4. The Balaban J connectivity index is 2.10. The average Bonchev–Trinajstić information content (AvgIpc) is 2.49. The molecule has 0 bridgehead atoms. The lowest BCUT2D eigenvalue weighted by atomic mass is 10.1. The molecule has 2 aromatic rings. The quantitative estimate of drug-likeness (QED) is 0.629. The predicted molar refractivity (Wildman–Crippen MR) is 90.8 cm³/mol. The standard InChI is InChI=1S/C16H15BrN2O4/c1-10-7-13(14(19(21)22)8-11(10)2)18-16(20)9-23-15-6-4-3-5-12(15)17/h3-8H,9H2,1-2H3,(H,18,20). The summed E-state index contributed by atoms with van der Waals surface area (Å²) in [5.41, 5.74) is 1.68. The molecule has 120 valence electrons. The third-order valence-electron chi connectivity index (χ3n) is 3.28. The van der Waals surface area contributed by atoms with E-state index >= 15 is 0 Å². The second-order valence-electron chi connectivity index (χ2n) is 4.98. The first-order valence-corrected chi connectivity index (χ1v) is 7.60. The van der Waals surface area contributed by atoms with Crippen LogP contribution < -0.4 is 10.1 Å². The number of hydrogen-bond donors (Lipinski definition) is 1. The normalized spacial score (nSPS) is 10.2. The first-order valence-electron chi connectivity index (χ1n) is 6.81. The van der Waals surface area contributed by atoms with Gasteiger partial charge in [-0.25, -0.2) is 0 Å². The summed E-state index contributed by atoms with van der Waals surface area (Å²) < 4.78 is 6.12. The van der Waals surface area contributed by atoms with Crippen molar-refractivity contribution in [2.24, 2.45) is 0 Å². The molecular weight excluding hydrogens is 364 g/mol. The molecule has 0 saturated heterocycles. The van der Waals surface area contributed by atoms with Crippen LogP contribution in [-0.4, -0.2) is 17.4 Å². The Labute approximate surface area is 141 Å². The number of carbonyl (C=O) groups is 1. The van der Waals surface area contributed by atoms with E-state index in [9.17, 15) is 14.9 Å². The number of aryl methyl sites for hydroxylation is 2. The molecule has 0 heterocycles. The Morgan fingerprint density at radius 1 is 1.26 bits per heavy atom. The highest BCUT2D eigenvalue weighted by molar-refractivity contribution is 9.10. The molecule has 6 nitrogen and oxygen atoms in total. The molecule has 0 aliphatic heterocycles. The summed E-state index contributed by atoms with van der Waals surface area (Å²) in [5, 5.41) is 13.6. The van der Waals surface area contributed by atoms with Crippen LogP contribution in [0.1, 0.15) is 11.1 Å². The Bertz CT molecular complexity index is 762. The lowest BCUT2D eigenvalue weighted by Gasteiger charge is -2.10. The molecule has 0 fully saturated rings. The molecule has 2 aromatic carbocycles. The summed E-state index contributed by atoms with van der Waals surface area (Å²) in [6.45, 7) is 3.36. The summed E-state index contributed by atoms with van der Waals surface area (Å²) in [4.78, 5) is 22.6. The summed E-state index contributed by atoms with van der Waals surface area (Å²) in [6, 6.07) is 10.2. The van der Waals surface area contributed by atoms with Crippen LogP contribution in [0.4, 0.5) is 11.4 Å².